The SMILES string of the molecule is CN(Cc1cc(Br)cs1)C(=O)NCC1(CC(=O)O)CCC1. The zero-order valence-corrected chi connectivity index (χ0v) is 14.3. The van der Waals surface area contributed by atoms with Crippen molar-refractivity contribution in [1.82, 2.24) is 10.2 Å². The first-order chi connectivity index (χ1) is 9.90. The summed E-state index contributed by atoms with van der Waals surface area (Å²) in [5.41, 5.74) is -0.242. The molecule has 0 radical (unpaired) electrons. The van der Waals surface area contributed by atoms with Crippen molar-refractivity contribution in [2.24, 2.45) is 5.41 Å². The molecule has 21 heavy (non-hydrogen) atoms. The van der Waals surface area contributed by atoms with E-state index >= 15 is 0 Å². The number of halogens is 1. The van der Waals surface area contributed by atoms with Gasteiger partial charge in [-0.15, -0.1) is 11.3 Å². The standard InChI is InChI=1S/C14H19BrN2O3S/c1-17(7-11-5-10(15)8-21-11)13(20)16-9-14(3-2-4-14)6-12(18)19/h5,8H,2-4,6-7,9H2,1H3,(H,16,20)(H,18,19). The molecule has 5 nitrogen and oxygen atoms in total. The second-order valence-corrected chi connectivity index (χ2v) is 7.58. The summed E-state index contributed by atoms with van der Waals surface area (Å²) in [6.07, 6.45) is 2.93. The molecule has 1 aliphatic carbocycles. The number of amides is 2. The van der Waals surface area contributed by atoms with Crippen molar-refractivity contribution in [1.29, 1.82) is 0 Å². The van der Waals surface area contributed by atoms with Gasteiger partial charge in [0, 0.05) is 28.3 Å². The zero-order chi connectivity index (χ0) is 15.5. The Morgan fingerprint density at radius 1 is 1.52 bits per heavy atom. The number of carboxylic acid groups (broad SMARTS) is 1. The molecule has 0 atom stereocenters. The molecular formula is C14H19BrN2O3S. The molecule has 0 bridgehead atoms. The van der Waals surface area contributed by atoms with Gasteiger partial charge in [-0.3, -0.25) is 4.79 Å². The van der Waals surface area contributed by atoms with Gasteiger partial charge < -0.3 is 15.3 Å². The molecule has 0 aliphatic heterocycles. The van der Waals surface area contributed by atoms with E-state index in [-0.39, 0.29) is 17.9 Å². The first-order valence-electron chi connectivity index (χ1n) is 6.84. The summed E-state index contributed by atoms with van der Waals surface area (Å²) in [4.78, 5) is 25.7. The Morgan fingerprint density at radius 3 is 2.71 bits per heavy atom. The lowest BCUT2D eigenvalue weighted by Gasteiger charge is -2.41. The van der Waals surface area contributed by atoms with Gasteiger partial charge in [0.2, 0.25) is 0 Å². The lowest BCUT2D eigenvalue weighted by Crippen LogP contribution is -2.46. The summed E-state index contributed by atoms with van der Waals surface area (Å²) in [7, 11) is 1.74. The van der Waals surface area contributed by atoms with Gasteiger partial charge in [0.25, 0.3) is 0 Å². The van der Waals surface area contributed by atoms with Gasteiger partial charge in [-0.25, -0.2) is 4.79 Å². The van der Waals surface area contributed by atoms with Crippen LogP contribution in [0.15, 0.2) is 15.9 Å². The van der Waals surface area contributed by atoms with Gasteiger partial charge in [0.15, 0.2) is 0 Å². The number of aliphatic carboxylic acids is 1. The number of nitrogens with one attached hydrogen (secondary N) is 1. The van der Waals surface area contributed by atoms with Gasteiger partial charge in [0.05, 0.1) is 13.0 Å². The van der Waals surface area contributed by atoms with Crippen molar-refractivity contribution in [3.05, 3.63) is 20.8 Å². The highest BCUT2D eigenvalue weighted by Crippen LogP contribution is 2.43. The number of carbonyl (C=O) groups is 2. The maximum absolute atomic E-state index is 12.1. The predicted octanol–water partition coefficient (Wildman–Crippen LogP) is 3.30. The maximum atomic E-state index is 12.1. The molecule has 1 fully saturated rings. The average molecular weight is 375 g/mol. The van der Waals surface area contributed by atoms with Gasteiger partial charge in [-0.05, 0) is 40.3 Å². The van der Waals surface area contributed by atoms with E-state index in [9.17, 15) is 9.59 Å². The molecule has 2 N–H and O–H groups in total. The highest BCUT2D eigenvalue weighted by atomic mass is 79.9. The molecule has 0 unspecified atom stereocenters. The van der Waals surface area contributed by atoms with Crippen molar-refractivity contribution in [3.8, 4) is 0 Å². The minimum atomic E-state index is -0.791. The van der Waals surface area contributed by atoms with Gasteiger partial charge in [-0.2, -0.15) is 0 Å². The maximum Gasteiger partial charge on any atom is 0.317 e. The Morgan fingerprint density at radius 2 is 2.24 bits per heavy atom. The number of nitrogens with zero attached hydrogens (tertiary/aromatic N) is 1. The van der Waals surface area contributed by atoms with Crippen molar-refractivity contribution < 1.29 is 14.7 Å². The lowest BCUT2D eigenvalue weighted by atomic mass is 9.66. The number of hydrogen-bond acceptors (Lipinski definition) is 3. The zero-order valence-electron chi connectivity index (χ0n) is 11.9. The van der Waals surface area contributed by atoms with E-state index in [1.165, 1.54) is 0 Å². The Hall–Kier alpha value is -1.08. The smallest absolute Gasteiger partial charge is 0.317 e. The molecule has 0 aromatic carbocycles. The molecule has 1 heterocycles. The number of carboxylic acids is 1. The van der Waals surface area contributed by atoms with E-state index in [0.29, 0.717) is 13.1 Å². The highest BCUT2D eigenvalue weighted by Gasteiger charge is 2.39. The van der Waals surface area contributed by atoms with Crippen LogP contribution in [0.1, 0.15) is 30.6 Å². The minimum Gasteiger partial charge on any atom is -0.481 e. The lowest BCUT2D eigenvalue weighted by molar-refractivity contribution is -0.141. The molecule has 0 saturated heterocycles. The minimum absolute atomic E-state index is 0.134. The van der Waals surface area contributed by atoms with Crippen LogP contribution in [0.4, 0.5) is 4.79 Å². The first-order valence-corrected chi connectivity index (χ1v) is 8.51. The fraction of sp³-hybridized carbons (Fsp3) is 0.571. The number of hydrogen-bond donors (Lipinski definition) is 2. The number of rotatable bonds is 6. The van der Waals surface area contributed by atoms with Crippen molar-refractivity contribution >= 4 is 39.3 Å². The summed E-state index contributed by atoms with van der Waals surface area (Å²) in [6, 6.07) is 1.84. The number of carbonyl (C=O) groups excluding carboxylic acids is 1. The van der Waals surface area contributed by atoms with Crippen molar-refractivity contribution in [3.63, 3.8) is 0 Å². The van der Waals surface area contributed by atoms with Crippen LogP contribution in [0, 0.1) is 5.41 Å². The van der Waals surface area contributed by atoms with Crippen LogP contribution in [0.5, 0.6) is 0 Å². The summed E-state index contributed by atoms with van der Waals surface area (Å²) < 4.78 is 1.02. The van der Waals surface area contributed by atoms with E-state index in [1.807, 2.05) is 11.4 Å². The van der Waals surface area contributed by atoms with Crippen LogP contribution in [-0.2, 0) is 11.3 Å². The topological polar surface area (TPSA) is 69.6 Å². The second kappa shape index (κ2) is 6.79. The third-order valence-corrected chi connectivity index (χ3v) is 5.60. The van der Waals surface area contributed by atoms with Crippen molar-refractivity contribution in [2.45, 2.75) is 32.2 Å². The average Bonchev–Trinajstić information content (AvgIpc) is 2.77. The molecule has 1 saturated carbocycles. The third-order valence-electron chi connectivity index (χ3n) is 3.92. The van der Waals surface area contributed by atoms with Crippen LogP contribution in [-0.4, -0.2) is 35.6 Å². The predicted molar refractivity (Wildman–Crippen MR) is 85.4 cm³/mol. The third kappa shape index (κ3) is 4.44. The van der Waals surface area contributed by atoms with Gasteiger partial charge in [-0.1, -0.05) is 6.42 Å². The second-order valence-electron chi connectivity index (χ2n) is 5.67. The van der Waals surface area contributed by atoms with E-state index in [2.05, 4.69) is 21.2 Å². The monoisotopic (exact) mass is 374 g/mol. The molecule has 0 spiro atoms. The summed E-state index contributed by atoms with van der Waals surface area (Å²) >= 11 is 4.99. The summed E-state index contributed by atoms with van der Waals surface area (Å²) in [5.74, 6) is -0.791. The van der Waals surface area contributed by atoms with Gasteiger partial charge >= 0.3 is 12.0 Å². The Balaban J connectivity index is 1.82. The Labute approximate surface area is 136 Å². The summed E-state index contributed by atoms with van der Waals surface area (Å²) in [6.45, 7) is 0.991. The molecule has 2 rings (SSSR count). The molecule has 116 valence electrons. The quantitative estimate of drug-likeness (QED) is 0.802. The van der Waals surface area contributed by atoms with Crippen LogP contribution in [0.25, 0.3) is 0 Å². The summed E-state index contributed by atoms with van der Waals surface area (Å²) in [5, 5.41) is 13.8. The Bertz CT molecular complexity index is 528. The fourth-order valence-corrected chi connectivity index (χ4v) is 4.06. The van der Waals surface area contributed by atoms with Crippen molar-refractivity contribution in [2.75, 3.05) is 13.6 Å². The molecule has 1 aromatic heterocycles. The number of thiophene rings is 1. The van der Waals surface area contributed by atoms with Crippen LogP contribution in [0.2, 0.25) is 0 Å². The van der Waals surface area contributed by atoms with Crippen LogP contribution >= 0.6 is 27.3 Å². The highest BCUT2D eigenvalue weighted by molar-refractivity contribution is 9.10. The largest absolute Gasteiger partial charge is 0.481 e. The number of urea groups is 1. The fourth-order valence-electron chi connectivity index (χ4n) is 2.55. The van der Waals surface area contributed by atoms with E-state index < -0.39 is 5.97 Å². The van der Waals surface area contributed by atoms with E-state index in [1.54, 1.807) is 23.3 Å². The molecule has 7 heteroatoms. The molecule has 1 aliphatic rings. The van der Waals surface area contributed by atoms with Crippen LogP contribution in [0.3, 0.4) is 0 Å². The first kappa shape index (κ1) is 16.3. The van der Waals surface area contributed by atoms with E-state index in [4.69, 9.17) is 5.11 Å². The molecule has 2 amide bonds. The van der Waals surface area contributed by atoms with E-state index in [0.717, 1.165) is 28.6 Å². The van der Waals surface area contributed by atoms with Crippen LogP contribution < -0.4 is 5.32 Å². The molecular weight excluding hydrogens is 356 g/mol. The normalized spacial score (nSPS) is 16.1. The van der Waals surface area contributed by atoms with Gasteiger partial charge in [0.1, 0.15) is 0 Å². The Kier molecular flexibility index (Phi) is 5.27. The molecule has 1 aromatic rings.